The van der Waals surface area contributed by atoms with Crippen LogP contribution in [0.4, 0.5) is 5.82 Å². The van der Waals surface area contributed by atoms with Crippen LogP contribution in [0.5, 0.6) is 0 Å². The van der Waals surface area contributed by atoms with Crippen molar-refractivity contribution in [3.63, 3.8) is 0 Å². The molecule has 26 heavy (non-hydrogen) atoms. The summed E-state index contributed by atoms with van der Waals surface area (Å²) in [5, 5.41) is 19.4. The second-order valence-corrected chi connectivity index (χ2v) is 7.12. The van der Waals surface area contributed by atoms with E-state index in [-0.39, 0.29) is 24.4 Å². The van der Waals surface area contributed by atoms with Gasteiger partial charge >= 0.3 is 0 Å². The molecule has 0 spiro atoms. The van der Waals surface area contributed by atoms with Crippen LogP contribution in [-0.2, 0) is 9.47 Å². The van der Waals surface area contributed by atoms with Gasteiger partial charge in [0.1, 0.15) is 23.9 Å². The van der Waals surface area contributed by atoms with E-state index in [0.29, 0.717) is 23.5 Å². The molecule has 2 aromatic heterocycles. The van der Waals surface area contributed by atoms with Crippen LogP contribution in [0.1, 0.15) is 42.7 Å². The van der Waals surface area contributed by atoms with Gasteiger partial charge < -0.3 is 19.9 Å². The Morgan fingerprint density at radius 2 is 2.35 bits per heavy atom. The molecule has 9 heteroatoms. The molecule has 1 aliphatic heterocycles. The van der Waals surface area contributed by atoms with E-state index in [4.69, 9.17) is 9.47 Å². The molecule has 1 saturated heterocycles. The van der Waals surface area contributed by atoms with Gasteiger partial charge in [-0.1, -0.05) is 0 Å². The summed E-state index contributed by atoms with van der Waals surface area (Å²) < 4.78 is 12.2. The maximum atomic E-state index is 12.7. The minimum absolute atomic E-state index is 0.0112. The predicted molar refractivity (Wildman–Crippen MR) is 90.3 cm³/mol. The van der Waals surface area contributed by atoms with E-state index in [0.717, 1.165) is 6.42 Å². The number of hydrogen-bond donors (Lipinski definition) is 3. The topological polar surface area (TPSA) is 122 Å². The normalized spacial score (nSPS) is 29.5. The molecule has 0 unspecified atom stereocenters. The molecule has 3 N–H and O–H groups in total. The lowest BCUT2D eigenvalue weighted by atomic mass is 10.0. The van der Waals surface area contributed by atoms with Crippen molar-refractivity contribution in [2.24, 2.45) is 5.92 Å². The summed E-state index contributed by atoms with van der Waals surface area (Å²) in [5.74, 6) is -0.748. The molecule has 2 aliphatic rings. The molecule has 0 amide bonds. The molecular weight excluding hydrogens is 338 g/mol. The number of H-pyrrole nitrogens is 1. The number of carbonyl (C=O) groups is 1. The number of nitrogens with zero attached hydrogens (tertiary/aromatic N) is 3. The Morgan fingerprint density at radius 1 is 1.50 bits per heavy atom. The molecule has 0 radical (unpaired) electrons. The summed E-state index contributed by atoms with van der Waals surface area (Å²) in [6, 6.07) is 1.59. The van der Waals surface area contributed by atoms with Gasteiger partial charge in [0, 0.05) is 24.9 Å². The fourth-order valence-corrected chi connectivity index (χ4v) is 3.81. The number of aliphatic hydroxyl groups is 1. The highest BCUT2D eigenvalue weighted by atomic mass is 16.8. The maximum Gasteiger partial charge on any atom is 0.216 e. The van der Waals surface area contributed by atoms with E-state index in [1.165, 1.54) is 18.7 Å². The number of anilines is 1. The van der Waals surface area contributed by atoms with Crippen LogP contribution in [0.2, 0.25) is 0 Å². The van der Waals surface area contributed by atoms with Crippen molar-refractivity contribution in [2.75, 3.05) is 11.9 Å². The van der Waals surface area contributed by atoms with Crippen LogP contribution in [0.3, 0.4) is 0 Å². The highest BCUT2D eigenvalue weighted by Gasteiger charge is 2.60. The molecule has 4 rings (SSSR count). The molecule has 1 aliphatic carbocycles. The van der Waals surface area contributed by atoms with Gasteiger partial charge in [-0.15, -0.1) is 0 Å². The van der Waals surface area contributed by atoms with Crippen LogP contribution < -0.4 is 5.32 Å². The number of ether oxygens (including phenoxy) is 2. The van der Waals surface area contributed by atoms with Crippen molar-refractivity contribution in [3.05, 3.63) is 36.0 Å². The fourth-order valence-electron chi connectivity index (χ4n) is 3.81. The molecule has 2 aromatic rings. The van der Waals surface area contributed by atoms with Crippen LogP contribution in [0.25, 0.3) is 0 Å². The molecule has 2 fully saturated rings. The molecule has 3 atom stereocenters. The van der Waals surface area contributed by atoms with E-state index in [1.807, 2.05) is 13.8 Å². The third-order valence-corrected chi connectivity index (χ3v) is 4.88. The minimum Gasteiger partial charge on any atom is -0.396 e. The first-order valence-corrected chi connectivity index (χ1v) is 8.55. The Balaban J connectivity index is 1.68. The average molecular weight is 359 g/mol. The molecule has 9 nitrogen and oxygen atoms in total. The first kappa shape index (κ1) is 17.1. The molecular formula is C17H21N5O4. The third kappa shape index (κ3) is 2.77. The monoisotopic (exact) mass is 359 g/mol. The predicted octanol–water partition coefficient (Wildman–Crippen LogP) is 1.09. The lowest BCUT2D eigenvalue weighted by molar-refractivity contribution is -0.168. The first-order chi connectivity index (χ1) is 12.4. The molecule has 1 saturated carbocycles. The van der Waals surface area contributed by atoms with Crippen molar-refractivity contribution < 1.29 is 19.4 Å². The number of aromatic nitrogens is 4. The van der Waals surface area contributed by atoms with Gasteiger partial charge in [-0.05, 0) is 32.8 Å². The smallest absolute Gasteiger partial charge is 0.216 e. The number of aliphatic hydroxyl groups excluding tert-OH is 1. The second kappa shape index (κ2) is 6.11. The van der Waals surface area contributed by atoms with Crippen LogP contribution in [0, 0.1) is 5.92 Å². The minimum atomic E-state index is -0.853. The van der Waals surface area contributed by atoms with Gasteiger partial charge in [-0.3, -0.25) is 9.89 Å². The second-order valence-electron chi connectivity index (χ2n) is 7.12. The number of fused-ring (bicyclic) bond motifs is 1. The van der Waals surface area contributed by atoms with Gasteiger partial charge in [0.15, 0.2) is 11.5 Å². The van der Waals surface area contributed by atoms with Gasteiger partial charge in [0.05, 0.1) is 5.56 Å². The van der Waals surface area contributed by atoms with Crippen molar-refractivity contribution in [1.82, 2.24) is 20.2 Å². The molecule has 0 aromatic carbocycles. The lowest BCUT2D eigenvalue weighted by Gasteiger charge is -2.30. The largest absolute Gasteiger partial charge is 0.396 e. The third-order valence-electron chi connectivity index (χ3n) is 4.88. The average Bonchev–Trinajstić information content (AvgIpc) is 3.29. The fraction of sp³-hybridized carbons (Fsp3) is 0.529. The lowest BCUT2D eigenvalue weighted by Crippen LogP contribution is -2.46. The summed E-state index contributed by atoms with van der Waals surface area (Å²) in [6.45, 7) is 3.68. The van der Waals surface area contributed by atoms with E-state index < -0.39 is 11.5 Å². The zero-order chi connectivity index (χ0) is 18.4. The summed E-state index contributed by atoms with van der Waals surface area (Å²) in [6.07, 6.45) is 5.39. The Labute approximate surface area is 150 Å². The number of ketones is 1. The van der Waals surface area contributed by atoms with E-state index in [2.05, 4.69) is 25.5 Å². The SMILES string of the molecule is CC1(C)O[C@@H]2[C@@H](CO)CC[C@@]2(Nc2ncncc2C(=O)c2ccn[nH]2)O1. The van der Waals surface area contributed by atoms with E-state index in [1.54, 1.807) is 6.07 Å². The quantitative estimate of drug-likeness (QED) is 0.678. The zero-order valence-electron chi connectivity index (χ0n) is 14.6. The molecule has 3 heterocycles. The van der Waals surface area contributed by atoms with Crippen molar-refractivity contribution in [3.8, 4) is 0 Å². The first-order valence-electron chi connectivity index (χ1n) is 8.55. The van der Waals surface area contributed by atoms with Gasteiger partial charge in [0.2, 0.25) is 5.78 Å². The van der Waals surface area contributed by atoms with Gasteiger partial charge in [-0.25, -0.2) is 9.97 Å². The summed E-state index contributed by atoms with van der Waals surface area (Å²) in [4.78, 5) is 21.0. The number of rotatable bonds is 5. The zero-order valence-corrected chi connectivity index (χ0v) is 14.6. The maximum absolute atomic E-state index is 12.7. The molecule has 0 bridgehead atoms. The number of hydrogen-bond acceptors (Lipinski definition) is 8. The van der Waals surface area contributed by atoms with Crippen molar-refractivity contribution in [2.45, 2.75) is 44.3 Å². The number of nitrogens with one attached hydrogen (secondary N) is 2. The Kier molecular flexibility index (Phi) is 4.02. The van der Waals surface area contributed by atoms with Crippen LogP contribution in [-0.4, -0.2) is 55.3 Å². The van der Waals surface area contributed by atoms with Crippen LogP contribution in [0.15, 0.2) is 24.8 Å². The van der Waals surface area contributed by atoms with Gasteiger partial charge in [0.25, 0.3) is 0 Å². The highest BCUT2D eigenvalue weighted by Crippen LogP contribution is 2.49. The Morgan fingerprint density at radius 3 is 3.08 bits per heavy atom. The Bertz CT molecular complexity index is 809. The van der Waals surface area contributed by atoms with Crippen molar-refractivity contribution in [1.29, 1.82) is 0 Å². The summed E-state index contributed by atoms with van der Waals surface area (Å²) in [7, 11) is 0. The summed E-state index contributed by atoms with van der Waals surface area (Å²) in [5.41, 5.74) is -0.194. The number of aromatic amines is 1. The van der Waals surface area contributed by atoms with Gasteiger partial charge in [-0.2, -0.15) is 5.10 Å². The highest BCUT2D eigenvalue weighted by molar-refractivity contribution is 6.10. The Hall–Kier alpha value is -2.36. The molecule has 138 valence electrons. The van der Waals surface area contributed by atoms with Crippen LogP contribution >= 0.6 is 0 Å². The standard InChI is InChI=1S/C17H21N5O4/c1-16(2)25-14-10(8-23)3-5-17(14,26-16)21-15-11(7-18-9-19-15)13(24)12-4-6-20-22-12/h4,6-7,9-10,14,23H,3,5,8H2,1-2H3,(H,20,22)(H,18,19,21)/t10-,14-,17-/m1/s1. The summed E-state index contributed by atoms with van der Waals surface area (Å²) >= 11 is 0. The van der Waals surface area contributed by atoms with E-state index >= 15 is 0 Å². The van der Waals surface area contributed by atoms with E-state index in [9.17, 15) is 9.90 Å². The number of carbonyl (C=O) groups excluding carboxylic acids is 1. The van der Waals surface area contributed by atoms with Crippen molar-refractivity contribution >= 4 is 11.6 Å².